The van der Waals surface area contributed by atoms with E-state index in [1.54, 1.807) is 48.5 Å². The molecule has 0 aliphatic heterocycles. The highest BCUT2D eigenvalue weighted by atomic mass is 16.5. The van der Waals surface area contributed by atoms with E-state index in [2.05, 4.69) is 10.6 Å². The molecule has 2 aromatic carbocycles. The molecular weight excluding hydrogens is 356 g/mol. The van der Waals surface area contributed by atoms with Gasteiger partial charge in [0.1, 0.15) is 11.2 Å². The Morgan fingerprint density at radius 2 is 1.54 bits per heavy atom. The van der Waals surface area contributed by atoms with Gasteiger partial charge in [-0.3, -0.25) is 14.4 Å². The number of Topliss-reactive ketones (excluding diaryl/α,β-unsaturated/α-hetero) is 1. The summed E-state index contributed by atoms with van der Waals surface area (Å²) in [5.41, 5.74) is 0.556. The van der Waals surface area contributed by atoms with Gasteiger partial charge in [-0.15, -0.1) is 0 Å². The van der Waals surface area contributed by atoms with Gasteiger partial charge in [-0.2, -0.15) is 0 Å². The third-order valence-corrected chi connectivity index (χ3v) is 4.63. The quantitative estimate of drug-likeness (QED) is 0.561. The van der Waals surface area contributed by atoms with Crippen molar-refractivity contribution in [3.8, 4) is 5.75 Å². The van der Waals surface area contributed by atoms with Crippen molar-refractivity contribution >= 4 is 29.0 Å². The first-order chi connectivity index (χ1) is 13.3. The Hall–Kier alpha value is -3.15. The van der Waals surface area contributed by atoms with E-state index < -0.39 is 5.41 Å². The fourth-order valence-corrected chi connectivity index (χ4v) is 2.89. The van der Waals surface area contributed by atoms with Crippen LogP contribution in [0, 0.1) is 5.41 Å². The highest BCUT2D eigenvalue weighted by molar-refractivity contribution is 6.17. The fraction of sp³-hybridized carbons (Fsp3) is 0.318. The molecule has 1 aliphatic carbocycles. The van der Waals surface area contributed by atoms with Gasteiger partial charge in [0.15, 0.2) is 5.78 Å². The molecule has 146 valence electrons. The lowest BCUT2D eigenvalue weighted by atomic mass is 10.0. The van der Waals surface area contributed by atoms with Crippen LogP contribution in [0.15, 0.2) is 48.5 Å². The van der Waals surface area contributed by atoms with Crippen LogP contribution >= 0.6 is 0 Å². The molecule has 2 aromatic rings. The molecule has 2 N–H and O–H groups in total. The van der Waals surface area contributed by atoms with Gasteiger partial charge in [-0.1, -0.05) is 12.1 Å². The van der Waals surface area contributed by atoms with E-state index in [1.807, 2.05) is 13.8 Å². The van der Waals surface area contributed by atoms with Crippen LogP contribution in [0.2, 0.25) is 0 Å². The molecule has 1 saturated carbocycles. The number of amides is 2. The topological polar surface area (TPSA) is 84.5 Å². The summed E-state index contributed by atoms with van der Waals surface area (Å²) in [7, 11) is 0. The Labute approximate surface area is 164 Å². The third-order valence-electron chi connectivity index (χ3n) is 4.63. The zero-order chi connectivity index (χ0) is 20.3. The van der Waals surface area contributed by atoms with E-state index in [0.29, 0.717) is 29.8 Å². The minimum atomic E-state index is -1.07. The van der Waals surface area contributed by atoms with Crippen molar-refractivity contribution in [1.29, 1.82) is 0 Å². The predicted octanol–water partition coefficient (Wildman–Crippen LogP) is 4.03. The van der Waals surface area contributed by atoms with Crippen molar-refractivity contribution in [2.75, 3.05) is 10.6 Å². The fourth-order valence-electron chi connectivity index (χ4n) is 2.89. The minimum absolute atomic E-state index is 0.0698. The van der Waals surface area contributed by atoms with Gasteiger partial charge in [0.25, 0.3) is 0 Å². The van der Waals surface area contributed by atoms with Gasteiger partial charge in [0, 0.05) is 16.9 Å². The van der Waals surface area contributed by atoms with E-state index in [9.17, 15) is 14.4 Å². The molecule has 0 aromatic heterocycles. The number of carbonyl (C=O) groups is 3. The molecule has 28 heavy (non-hydrogen) atoms. The van der Waals surface area contributed by atoms with Crippen LogP contribution in [0.5, 0.6) is 5.75 Å². The third kappa shape index (κ3) is 4.39. The van der Waals surface area contributed by atoms with E-state index in [4.69, 9.17) is 4.74 Å². The highest BCUT2D eigenvalue weighted by Gasteiger charge is 2.56. The van der Waals surface area contributed by atoms with Gasteiger partial charge in [0.2, 0.25) is 11.8 Å². The molecule has 0 atom stereocenters. The van der Waals surface area contributed by atoms with Crippen molar-refractivity contribution < 1.29 is 19.1 Å². The Bertz CT molecular complexity index is 899. The van der Waals surface area contributed by atoms with Crippen LogP contribution in [-0.4, -0.2) is 23.7 Å². The molecular formula is C22H24N2O4. The first kappa shape index (κ1) is 19.6. The predicted molar refractivity (Wildman–Crippen MR) is 108 cm³/mol. The SMILES string of the molecule is CC(=O)c1cccc(NC(=O)C2(C(=O)Nc3ccc(OC(C)C)cc3)CC2)c1. The molecule has 1 fully saturated rings. The summed E-state index contributed by atoms with van der Waals surface area (Å²) in [6.45, 7) is 5.35. The molecule has 3 rings (SSSR count). The first-order valence-electron chi connectivity index (χ1n) is 9.31. The highest BCUT2D eigenvalue weighted by Crippen LogP contribution is 2.47. The molecule has 0 heterocycles. The summed E-state index contributed by atoms with van der Waals surface area (Å²) in [5.74, 6) is -0.0483. The molecule has 6 nitrogen and oxygen atoms in total. The van der Waals surface area contributed by atoms with E-state index in [0.717, 1.165) is 5.75 Å². The molecule has 1 aliphatic rings. The Morgan fingerprint density at radius 1 is 0.929 bits per heavy atom. The molecule has 0 bridgehead atoms. The Balaban J connectivity index is 1.65. The van der Waals surface area contributed by atoms with Crippen LogP contribution in [0.1, 0.15) is 44.0 Å². The standard InChI is InChI=1S/C22H24N2O4/c1-14(2)28-19-9-7-17(8-10-19)23-20(26)22(11-12-22)21(27)24-18-6-4-5-16(13-18)15(3)25/h4-10,13-14H,11-12H2,1-3H3,(H,23,26)(H,24,27). The molecule has 0 spiro atoms. The maximum Gasteiger partial charge on any atom is 0.240 e. The number of hydrogen-bond acceptors (Lipinski definition) is 4. The van der Waals surface area contributed by atoms with Crippen LogP contribution < -0.4 is 15.4 Å². The first-order valence-corrected chi connectivity index (χ1v) is 9.31. The summed E-state index contributed by atoms with van der Waals surface area (Å²) >= 11 is 0. The van der Waals surface area contributed by atoms with E-state index >= 15 is 0 Å². The average Bonchev–Trinajstić information content (AvgIpc) is 3.45. The number of anilines is 2. The molecule has 0 saturated heterocycles. The summed E-state index contributed by atoms with van der Waals surface area (Å²) in [4.78, 5) is 36.9. The monoisotopic (exact) mass is 380 g/mol. The normalized spacial score (nSPS) is 14.3. The Kier molecular flexibility index (Phi) is 5.49. The van der Waals surface area contributed by atoms with Crippen LogP contribution in [0.4, 0.5) is 11.4 Å². The van der Waals surface area contributed by atoms with Crippen molar-refractivity contribution in [2.45, 2.75) is 39.7 Å². The number of hydrogen-bond donors (Lipinski definition) is 2. The number of nitrogens with one attached hydrogen (secondary N) is 2. The second-order valence-corrected chi connectivity index (χ2v) is 7.32. The van der Waals surface area contributed by atoms with Crippen LogP contribution in [0.3, 0.4) is 0 Å². The smallest absolute Gasteiger partial charge is 0.240 e. The van der Waals surface area contributed by atoms with Gasteiger partial charge in [-0.25, -0.2) is 0 Å². The number of rotatable bonds is 7. The summed E-state index contributed by atoms with van der Waals surface area (Å²) in [6.07, 6.45) is 1.05. The van der Waals surface area contributed by atoms with Gasteiger partial charge in [0.05, 0.1) is 6.10 Å². The number of carbonyl (C=O) groups excluding carboxylic acids is 3. The largest absolute Gasteiger partial charge is 0.491 e. The lowest BCUT2D eigenvalue weighted by molar-refractivity contribution is -0.131. The van der Waals surface area contributed by atoms with Crippen molar-refractivity contribution in [1.82, 2.24) is 0 Å². The number of ether oxygens (including phenoxy) is 1. The van der Waals surface area contributed by atoms with Crippen LogP contribution in [0.25, 0.3) is 0 Å². The van der Waals surface area contributed by atoms with Crippen molar-refractivity contribution in [3.63, 3.8) is 0 Å². The number of benzene rings is 2. The zero-order valence-electron chi connectivity index (χ0n) is 16.2. The van der Waals surface area contributed by atoms with Crippen molar-refractivity contribution in [2.24, 2.45) is 5.41 Å². The lowest BCUT2D eigenvalue weighted by Gasteiger charge is -2.16. The number of ketones is 1. The maximum absolute atomic E-state index is 12.7. The lowest BCUT2D eigenvalue weighted by Crippen LogP contribution is -2.35. The molecule has 0 radical (unpaired) electrons. The average molecular weight is 380 g/mol. The Morgan fingerprint density at radius 3 is 2.07 bits per heavy atom. The minimum Gasteiger partial charge on any atom is -0.491 e. The molecule has 6 heteroatoms. The second-order valence-electron chi connectivity index (χ2n) is 7.32. The maximum atomic E-state index is 12.7. The summed E-state index contributed by atoms with van der Waals surface area (Å²) in [6, 6.07) is 13.8. The van der Waals surface area contributed by atoms with Gasteiger partial charge < -0.3 is 15.4 Å². The zero-order valence-corrected chi connectivity index (χ0v) is 16.2. The second kappa shape index (κ2) is 7.84. The van der Waals surface area contributed by atoms with Crippen LogP contribution in [-0.2, 0) is 9.59 Å². The summed E-state index contributed by atoms with van der Waals surface area (Å²) in [5, 5.41) is 5.58. The van der Waals surface area contributed by atoms with Gasteiger partial charge >= 0.3 is 0 Å². The molecule has 2 amide bonds. The van der Waals surface area contributed by atoms with E-state index in [-0.39, 0.29) is 23.7 Å². The van der Waals surface area contributed by atoms with Crippen molar-refractivity contribution in [3.05, 3.63) is 54.1 Å². The molecule has 0 unspecified atom stereocenters. The van der Waals surface area contributed by atoms with E-state index in [1.165, 1.54) is 6.92 Å². The van der Waals surface area contributed by atoms with Gasteiger partial charge in [-0.05, 0) is 70.0 Å². The summed E-state index contributed by atoms with van der Waals surface area (Å²) < 4.78 is 5.58.